The number of hydrogen-bond donors (Lipinski definition) is 0. The number of benzene rings is 1. The van der Waals surface area contributed by atoms with Crippen molar-refractivity contribution in [3.05, 3.63) is 36.0 Å². The summed E-state index contributed by atoms with van der Waals surface area (Å²) < 4.78 is 11.0. The molecule has 0 saturated heterocycles. The number of esters is 1. The van der Waals surface area contributed by atoms with Crippen LogP contribution in [-0.4, -0.2) is 29.7 Å². The molecule has 23 heavy (non-hydrogen) atoms. The van der Waals surface area contributed by atoms with E-state index in [4.69, 9.17) is 9.47 Å². The van der Waals surface area contributed by atoms with Crippen LogP contribution in [0.25, 0.3) is 10.9 Å². The van der Waals surface area contributed by atoms with E-state index in [1.165, 1.54) is 10.8 Å². The van der Waals surface area contributed by atoms with Crippen molar-refractivity contribution in [3.63, 3.8) is 0 Å². The third-order valence-electron chi connectivity index (χ3n) is 3.45. The second-order valence-electron chi connectivity index (χ2n) is 5.09. The quantitative estimate of drug-likeness (QED) is 0.338. The predicted octanol–water partition coefficient (Wildman–Crippen LogP) is 3.52. The lowest BCUT2D eigenvalue weighted by Gasteiger charge is -2.07. The Hall–Kier alpha value is -2.63. The van der Waals surface area contributed by atoms with Crippen molar-refractivity contribution in [2.45, 2.75) is 32.6 Å². The first-order valence-corrected chi connectivity index (χ1v) is 7.55. The van der Waals surface area contributed by atoms with Crippen LogP contribution < -0.4 is 0 Å². The van der Waals surface area contributed by atoms with E-state index in [1.54, 1.807) is 24.3 Å². The zero-order valence-corrected chi connectivity index (χ0v) is 13.0. The highest BCUT2D eigenvalue weighted by Crippen LogP contribution is 2.20. The molecule has 0 saturated carbocycles. The lowest BCUT2D eigenvalue weighted by molar-refractivity contribution is -0.151. The van der Waals surface area contributed by atoms with Crippen LogP contribution in [0, 0.1) is 0 Å². The van der Waals surface area contributed by atoms with Crippen molar-refractivity contribution >= 4 is 29.3 Å². The van der Waals surface area contributed by atoms with Crippen molar-refractivity contribution in [3.8, 4) is 0 Å². The second-order valence-corrected chi connectivity index (χ2v) is 5.09. The van der Waals surface area contributed by atoms with E-state index in [0.29, 0.717) is 29.2 Å². The molecular formula is C17H19NO5. The fraction of sp³-hybridized carbons (Fsp3) is 0.353. The SMILES string of the molecule is CCCCCC(=O)OCOC(=O)n1cc(C=O)c2ccccc21. The van der Waals surface area contributed by atoms with Crippen LogP contribution >= 0.6 is 0 Å². The topological polar surface area (TPSA) is 74.6 Å². The van der Waals surface area contributed by atoms with Crippen LogP contribution in [0.15, 0.2) is 30.5 Å². The van der Waals surface area contributed by atoms with Gasteiger partial charge in [0, 0.05) is 23.6 Å². The summed E-state index contributed by atoms with van der Waals surface area (Å²) in [5, 5.41) is 0.663. The summed E-state index contributed by atoms with van der Waals surface area (Å²) in [6, 6.07) is 6.99. The van der Waals surface area contributed by atoms with Gasteiger partial charge in [0.25, 0.3) is 0 Å². The molecule has 0 N–H and O–H groups in total. The maximum absolute atomic E-state index is 12.1. The number of carbonyl (C=O) groups is 3. The van der Waals surface area contributed by atoms with Crippen LogP contribution in [0.1, 0.15) is 43.0 Å². The van der Waals surface area contributed by atoms with Crippen LogP contribution in [0.5, 0.6) is 0 Å². The Bertz CT molecular complexity index is 704. The molecule has 0 spiro atoms. The molecule has 6 nitrogen and oxygen atoms in total. The van der Waals surface area contributed by atoms with Crippen molar-refractivity contribution in [2.24, 2.45) is 0 Å². The summed E-state index contributed by atoms with van der Waals surface area (Å²) >= 11 is 0. The Labute approximate surface area is 134 Å². The molecule has 0 aliphatic carbocycles. The van der Waals surface area contributed by atoms with Gasteiger partial charge in [0.05, 0.1) is 5.52 Å². The highest BCUT2D eigenvalue weighted by atomic mass is 16.7. The average Bonchev–Trinajstić information content (AvgIpc) is 2.94. The van der Waals surface area contributed by atoms with Crippen molar-refractivity contribution in [1.82, 2.24) is 4.57 Å². The van der Waals surface area contributed by atoms with Gasteiger partial charge in [-0.1, -0.05) is 38.0 Å². The molecule has 0 aliphatic heterocycles. The van der Waals surface area contributed by atoms with Crippen LogP contribution in [-0.2, 0) is 14.3 Å². The van der Waals surface area contributed by atoms with Crippen LogP contribution in [0.2, 0.25) is 0 Å². The highest BCUT2D eigenvalue weighted by Gasteiger charge is 2.14. The van der Waals surface area contributed by atoms with Gasteiger partial charge in [-0.05, 0) is 12.5 Å². The van der Waals surface area contributed by atoms with Crippen molar-refractivity contribution in [1.29, 1.82) is 0 Å². The molecule has 0 atom stereocenters. The summed E-state index contributed by atoms with van der Waals surface area (Å²) in [4.78, 5) is 34.5. The normalized spacial score (nSPS) is 10.5. The van der Waals surface area contributed by atoms with Gasteiger partial charge in [0.15, 0.2) is 6.29 Å². The molecule has 0 unspecified atom stereocenters. The molecule has 2 rings (SSSR count). The van der Waals surface area contributed by atoms with Crippen LogP contribution in [0.3, 0.4) is 0 Å². The minimum atomic E-state index is -0.698. The van der Waals surface area contributed by atoms with Gasteiger partial charge >= 0.3 is 12.1 Å². The van der Waals surface area contributed by atoms with E-state index >= 15 is 0 Å². The number of aromatic nitrogens is 1. The molecule has 1 aromatic carbocycles. The van der Waals surface area contributed by atoms with E-state index in [-0.39, 0.29) is 0 Å². The minimum absolute atomic E-state index is 0.313. The van der Waals surface area contributed by atoms with Crippen molar-refractivity contribution in [2.75, 3.05) is 6.79 Å². The van der Waals surface area contributed by atoms with E-state index in [1.807, 2.05) is 6.92 Å². The number of nitrogens with zero attached hydrogens (tertiary/aromatic N) is 1. The van der Waals surface area contributed by atoms with E-state index < -0.39 is 18.9 Å². The number of rotatable bonds is 7. The average molecular weight is 317 g/mol. The van der Waals surface area contributed by atoms with Gasteiger partial charge in [-0.25, -0.2) is 4.79 Å². The Morgan fingerprint density at radius 2 is 1.96 bits per heavy atom. The largest absolute Gasteiger partial charge is 0.428 e. The lowest BCUT2D eigenvalue weighted by Crippen LogP contribution is -2.17. The standard InChI is InChI=1S/C17H19NO5/c1-2-3-4-9-16(20)22-12-23-17(21)18-10-13(11-19)14-7-5-6-8-15(14)18/h5-8,10-11H,2-4,9,12H2,1H3. The fourth-order valence-corrected chi connectivity index (χ4v) is 2.26. The number of aldehydes is 1. The number of carbonyl (C=O) groups excluding carboxylic acids is 3. The monoisotopic (exact) mass is 317 g/mol. The molecule has 1 heterocycles. The zero-order chi connectivity index (χ0) is 16.7. The minimum Gasteiger partial charge on any atom is -0.428 e. The van der Waals surface area contributed by atoms with E-state index in [0.717, 1.165) is 19.3 Å². The summed E-state index contributed by atoms with van der Waals surface area (Å²) in [6.07, 6.45) is 4.43. The Balaban J connectivity index is 1.94. The molecule has 0 fully saturated rings. The number of unbranched alkanes of at least 4 members (excludes halogenated alkanes) is 2. The third-order valence-corrected chi connectivity index (χ3v) is 3.45. The third kappa shape index (κ3) is 4.18. The van der Waals surface area contributed by atoms with E-state index in [9.17, 15) is 14.4 Å². The van der Waals surface area contributed by atoms with Gasteiger partial charge in [0.2, 0.25) is 6.79 Å². The first kappa shape index (κ1) is 16.7. The highest BCUT2D eigenvalue weighted by molar-refractivity contribution is 6.01. The summed E-state index contributed by atoms with van der Waals surface area (Å²) in [5.41, 5.74) is 0.961. The molecule has 0 bridgehead atoms. The molecule has 2 aromatic rings. The first-order valence-electron chi connectivity index (χ1n) is 7.55. The van der Waals surface area contributed by atoms with Gasteiger partial charge in [-0.3, -0.25) is 14.2 Å². The Kier molecular flexibility index (Phi) is 5.91. The molecule has 0 aliphatic rings. The molecular weight excluding hydrogens is 298 g/mol. The predicted molar refractivity (Wildman–Crippen MR) is 84.3 cm³/mol. The number of hydrogen-bond acceptors (Lipinski definition) is 5. The van der Waals surface area contributed by atoms with Crippen molar-refractivity contribution < 1.29 is 23.9 Å². The lowest BCUT2D eigenvalue weighted by atomic mass is 10.2. The molecule has 0 radical (unpaired) electrons. The number of para-hydroxylation sites is 1. The molecule has 0 amide bonds. The van der Waals surface area contributed by atoms with Gasteiger partial charge in [-0.15, -0.1) is 0 Å². The van der Waals surface area contributed by atoms with Gasteiger partial charge < -0.3 is 9.47 Å². The maximum Gasteiger partial charge on any atom is 0.421 e. The zero-order valence-electron chi connectivity index (χ0n) is 13.0. The van der Waals surface area contributed by atoms with Crippen LogP contribution in [0.4, 0.5) is 4.79 Å². The Morgan fingerprint density at radius 3 is 2.70 bits per heavy atom. The van der Waals surface area contributed by atoms with Gasteiger partial charge in [0.1, 0.15) is 0 Å². The number of fused-ring (bicyclic) bond motifs is 1. The fourth-order valence-electron chi connectivity index (χ4n) is 2.26. The smallest absolute Gasteiger partial charge is 0.421 e. The second kappa shape index (κ2) is 8.12. The van der Waals surface area contributed by atoms with Gasteiger partial charge in [-0.2, -0.15) is 0 Å². The summed E-state index contributed by atoms with van der Waals surface area (Å²) in [7, 11) is 0. The van der Waals surface area contributed by atoms with E-state index in [2.05, 4.69) is 0 Å². The Morgan fingerprint density at radius 1 is 1.17 bits per heavy atom. The molecule has 122 valence electrons. The maximum atomic E-state index is 12.1. The number of ether oxygens (including phenoxy) is 2. The molecule has 1 aromatic heterocycles. The molecule has 6 heteroatoms. The summed E-state index contributed by atoms with van der Waals surface area (Å²) in [6.45, 7) is 1.61. The first-order chi connectivity index (χ1) is 11.2. The summed E-state index contributed by atoms with van der Waals surface area (Å²) in [5.74, 6) is -0.391.